The standard InChI is InChI=1S/C36H30O5S3/c1-22-16-31(12-13-33(22)41-19-36(39)40)42-15-14-32(25-4-8-27(9-5-25)34-17-29(20-43-34)23(2)37)26-6-10-28(11-7-26)35-18-30(21-44-35)24(3)38/h4-14,16-18,20-21H,15,19H2,1-3H3,(H,39,40). The molecule has 0 bridgehead atoms. The SMILES string of the molecule is CC(=O)c1csc(-c2ccc(C(=CCSc3ccc(OCC(=O)O)c(C)c3)c3ccc(-c4cc(C(C)=O)cs4)cc3)cc2)c1. The third kappa shape index (κ3) is 7.63. The molecule has 2 aromatic heterocycles. The molecule has 3 aromatic carbocycles. The van der Waals surface area contributed by atoms with Gasteiger partial charge in [0.2, 0.25) is 0 Å². The van der Waals surface area contributed by atoms with E-state index in [2.05, 4.69) is 54.6 Å². The summed E-state index contributed by atoms with van der Waals surface area (Å²) in [5.74, 6) is 0.401. The molecule has 0 aliphatic rings. The summed E-state index contributed by atoms with van der Waals surface area (Å²) in [5.41, 5.74) is 7.72. The lowest BCUT2D eigenvalue weighted by Gasteiger charge is -2.12. The quantitative estimate of drug-likeness (QED) is 0.108. The molecule has 0 fully saturated rings. The molecule has 0 spiro atoms. The Morgan fingerprint density at radius 3 is 1.70 bits per heavy atom. The smallest absolute Gasteiger partial charge is 0.341 e. The van der Waals surface area contributed by atoms with E-state index in [0.717, 1.165) is 59.2 Å². The van der Waals surface area contributed by atoms with E-state index >= 15 is 0 Å². The van der Waals surface area contributed by atoms with Gasteiger partial charge in [0.15, 0.2) is 18.2 Å². The second kappa shape index (κ2) is 14.0. The normalized spacial score (nSPS) is 10.8. The van der Waals surface area contributed by atoms with E-state index in [1.54, 1.807) is 48.3 Å². The van der Waals surface area contributed by atoms with Crippen LogP contribution in [-0.4, -0.2) is 35.0 Å². The van der Waals surface area contributed by atoms with Crippen LogP contribution in [0.5, 0.6) is 5.75 Å². The van der Waals surface area contributed by atoms with Crippen LogP contribution < -0.4 is 4.74 Å². The van der Waals surface area contributed by atoms with Gasteiger partial charge in [-0.1, -0.05) is 54.6 Å². The molecule has 0 saturated heterocycles. The number of thiophene rings is 2. The summed E-state index contributed by atoms with van der Waals surface area (Å²) in [4.78, 5) is 37.6. The number of aliphatic carboxylic acids is 1. The lowest BCUT2D eigenvalue weighted by molar-refractivity contribution is -0.139. The Hall–Kier alpha value is -4.24. The maximum atomic E-state index is 11.8. The highest BCUT2D eigenvalue weighted by Gasteiger charge is 2.11. The highest BCUT2D eigenvalue weighted by molar-refractivity contribution is 7.99. The van der Waals surface area contributed by atoms with E-state index in [1.165, 1.54) is 0 Å². The summed E-state index contributed by atoms with van der Waals surface area (Å²) in [6, 6.07) is 26.5. The first kappa shape index (κ1) is 31.2. The fraction of sp³-hybridized carbons (Fsp3) is 0.139. The minimum absolute atomic E-state index is 0.0629. The number of ether oxygens (including phenoxy) is 1. The number of hydrogen-bond donors (Lipinski definition) is 1. The number of aryl methyl sites for hydroxylation is 1. The molecule has 222 valence electrons. The van der Waals surface area contributed by atoms with Crippen molar-refractivity contribution in [1.82, 2.24) is 0 Å². The first-order valence-electron chi connectivity index (χ1n) is 13.9. The zero-order valence-electron chi connectivity index (χ0n) is 24.5. The molecule has 0 radical (unpaired) electrons. The van der Waals surface area contributed by atoms with Crippen LogP contribution in [0.1, 0.15) is 51.3 Å². The molecule has 5 rings (SSSR count). The Balaban J connectivity index is 1.41. The Labute approximate surface area is 268 Å². The third-order valence-electron chi connectivity index (χ3n) is 7.01. The van der Waals surface area contributed by atoms with Crippen LogP contribution in [0.3, 0.4) is 0 Å². The van der Waals surface area contributed by atoms with E-state index in [9.17, 15) is 14.4 Å². The number of carboxylic acids is 1. The molecule has 0 amide bonds. The molecule has 0 aliphatic carbocycles. The Morgan fingerprint density at radius 1 is 0.750 bits per heavy atom. The van der Waals surface area contributed by atoms with Crippen LogP contribution in [0.15, 0.2) is 101 Å². The topological polar surface area (TPSA) is 80.7 Å². The van der Waals surface area contributed by atoms with Crippen LogP contribution in [-0.2, 0) is 4.79 Å². The van der Waals surface area contributed by atoms with Crippen molar-refractivity contribution in [1.29, 1.82) is 0 Å². The minimum atomic E-state index is -1.01. The second-order valence-corrected chi connectivity index (χ2v) is 13.1. The van der Waals surface area contributed by atoms with E-state index in [0.29, 0.717) is 11.5 Å². The lowest BCUT2D eigenvalue weighted by atomic mass is 9.95. The van der Waals surface area contributed by atoms with Crippen LogP contribution in [0.2, 0.25) is 0 Å². The molecule has 0 aliphatic heterocycles. The predicted octanol–water partition coefficient (Wildman–Crippen LogP) is 9.54. The van der Waals surface area contributed by atoms with E-state index in [-0.39, 0.29) is 18.2 Å². The second-order valence-electron chi connectivity index (χ2n) is 10.2. The zero-order chi connectivity index (χ0) is 31.2. The van der Waals surface area contributed by atoms with Gasteiger partial charge in [-0.25, -0.2) is 4.79 Å². The van der Waals surface area contributed by atoms with Crippen molar-refractivity contribution in [3.05, 3.63) is 124 Å². The van der Waals surface area contributed by atoms with Crippen molar-refractivity contribution >= 4 is 57.5 Å². The Bertz CT molecular complexity index is 1750. The number of carbonyl (C=O) groups excluding carboxylic acids is 2. The van der Waals surface area contributed by atoms with Gasteiger partial charge in [0.25, 0.3) is 0 Å². The molecule has 44 heavy (non-hydrogen) atoms. The van der Waals surface area contributed by atoms with Gasteiger partial charge in [-0.3, -0.25) is 9.59 Å². The molecule has 0 saturated carbocycles. The van der Waals surface area contributed by atoms with Crippen LogP contribution in [0.4, 0.5) is 0 Å². The number of carboxylic acid groups (broad SMARTS) is 1. The average molecular weight is 639 g/mol. The third-order valence-corrected chi connectivity index (χ3v) is 9.89. The average Bonchev–Trinajstić information content (AvgIpc) is 3.71. The number of ketones is 2. The van der Waals surface area contributed by atoms with Crippen molar-refractivity contribution in [2.75, 3.05) is 12.4 Å². The predicted molar refractivity (Wildman–Crippen MR) is 182 cm³/mol. The van der Waals surface area contributed by atoms with Gasteiger partial charge in [-0.15, -0.1) is 34.4 Å². The molecule has 0 unspecified atom stereocenters. The summed E-state index contributed by atoms with van der Waals surface area (Å²) in [6.45, 7) is 4.70. The molecule has 5 nitrogen and oxygen atoms in total. The highest BCUT2D eigenvalue weighted by atomic mass is 32.2. The van der Waals surface area contributed by atoms with Gasteiger partial charge in [0.1, 0.15) is 5.75 Å². The Morgan fingerprint density at radius 2 is 1.27 bits per heavy atom. The summed E-state index contributed by atoms with van der Waals surface area (Å²) in [5, 5.41) is 12.7. The summed E-state index contributed by atoms with van der Waals surface area (Å²) in [7, 11) is 0. The van der Waals surface area contributed by atoms with Crippen LogP contribution >= 0.6 is 34.4 Å². The largest absolute Gasteiger partial charge is 0.482 e. The van der Waals surface area contributed by atoms with Gasteiger partial charge in [-0.05, 0) is 84.5 Å². The van der Waals surface area contributed by atoms with Crippen molar-refractivity contribution < 1.29 is 24.2 Å². The molecule has 1 N–H and O–H groups in total. The van der Waals surface area contributed by atoms with Gasteiger partial charge in [-0.2, -0.15) is 0 Å². The molecule has 0 atom stereocenters. The first-order valence-corrected chi connectivity index (χ1v) is 16.6. The van der Waals surface area contributed by atoms with Gasteiger partial charge >= 0.3 is 5.97 Å². The first-order chi connectivity index (χ1) is 21.2. The van der Waals surface area contributed by atoms with Crippen LogP contribution in [0, 0.1) is 6.92 Å². The molecular formula is C36H30O5S3. The van der Waals surface area contributed by atoms with Gasteiger partial charge in [0, 0.05) is 42.3 Å². The molecular weight excluding hydrogens is 609 g/mol. The van der Waals surface area contributed by atoms with Crippen molar-refractivity contribution in [3.8, 4) is 26.6 Å². The molecule has 2 heterocycles. The number of thioether (sulfide) groups is 1. The monoisotopic (exact) mass is 638 g/mol. The van der Waals surface area contributed by atoms with Crippen molar-refractivity contribution in [3.63, 3.8) is 0 Å². The zero-order valence-corrected chi connectivity index (χ0v) is 26.9. The number of rotatable bonds is 12. The van der Waals surface area contributed by atoms with E-state index < -0.39 is 5.97 Å². The number of hydrogen-bond acceptors (Lipinski definition) is 7. The summed E-state index contributed by atoms with van der Waals surface area (Å²) < 4.78 is 5.37. The van der Waals surface area contributed by atoms with Crippen LogP contribution in [0.25, 0.3) is 26.5 Å². The van der Waals surface area contributed by atoms with Crippen molar-refractivity contribution in [2.24, 2.45) is 0 Å². The highest BCUT2D eigenvalue weighted by Crippen LogP contribution is 2.34. The molecule has 5 aromatic rings. The lowest BCUT2D eigenvalue weighted by Crippen LogP contribution is -2.09. The molecule has 8 heteroatoms. The van der Waals surface area contributed by atoms with Crippen molar-refractivity contribution in [2.45, 2.75) is 25.7 Å². The Kier molecular flexibility index (Phi) is 9.95. The summed E-state index contributed by atoms with van der Waals surface area (Å²) >= 11 is 4.82. The number of carbonyl (C=O) groups is 3. The fourth-order valence-corrected chi connectivity index (χ4v) is 7.39. The summed E-state index contributed by atoms with van der Waals surface area (Å²) in [6.07, 6.45) is 2.22. The van der Waals surface area contributed by atoms with E-state index in [1.807, 2.05) is 48.0 Å². The van der Waals surface area contributed by atoms with Gasteiger partial charge < -0.3 is 9.84 Å². The number of benzene rings is 3. The van der Waals surface area contributed by atoms with Gasteiger partial charge in [0.05, 0.1) is 0 Å². The maximum absolute atomic E-state index is 11.8. The maximum Gasteiger partial charge on any atom is 0.341 e. The fourth-order valence-electron chi connectivity index (χ4n) is 4.61. The van der Waals surface area contributed by atoms with E-state index in [4.69, 9.17) is 9.84 Å². The minimum Gasteiger partial charge on any atom is -0.482 e. The number of Topliss-reactive ketones (excluding diaryl/α,β-unsaturated/α-hetero) is 2.